The molecule has 1 fully saturated rings. The predicted molar refractivity (Wildman–Crippen MR) is 70.7 cm³/mol. The first kappa shape index (κ1) is 12.5. The van der Waals surface area contributed by atoms with E-state index in [9.17, 15) is 0 Å². The normalized spacial score (nSPS) is 17.9. The van der Waals surface area contributed by atoms with Crippen molar-refractivity contribution >= 4 is 0 Å². The van der Waals surface area contributed by atoms with E-state index in [0.717, 1.165) is 18.8 Å². The minimum Gasteiger partial charge on any atom is -0.314 e. The van der Waals surface area contributed by atoms with E-state index in [2.05, 4.69) is 33.4 Å². The number of aromatic nitrogens is 1. The quantitative estimate of drug-likeness (QED) is 0.864. The highest BCUT2D eigenvalue weighted by Crippen LogP contribution is 2.12. The molecule has 1 aromatic rings. The summed E-state index contributed by atoms with van der Waals surface area (Å²) in [6.07, 6.45) is 5.47. The van der Waals surface area contributed by atoms with Crippen LogP contribution in [-0.4, -0.2) is 30.0 Å². The van der Waals surface area contributed by atoms with Gasteiger partial charge in [0.1, 0.15) is 0 Å². The summed E-state index contributed by atoms with van der Waals surface area (Å²) in [5.74, 6) is 0. The smallest absolute Gasteiger partial charge is 0.0547 e. The highest BCUT2D eigenvalue weighted by molar-refractivity contribution is 5.11. The molecular weight excluding hydrogens is 210 g/mol. The van der Waals surface area contributed by atoms with E-state index in [0.29, 0.717) is 0 Å². The lowest BCUT2D eigenvalue weighted by Gasteiger charge is -2.19. The van der Waals surface area contributed by atoms with Crippen molar-refractivity contribution in [2.24, 2.45) is 0 Å². The molecule has 0 unspecified atom stereocenters. The number of nitrogens with one attached hydrogen (secondary N) is 1. The second-order valence-corrected chi connectivity index (χ2v) is 4.84. The maximum absolute atomic E-state index is 4.68. The second-order valence-electron chi connectivity index (χ2n) is 4.84. The van der Waals surface area contributed by atoms with Gasteiger partial charge in [0.05, 0.1) is 11.4 Å². The van der Waals surface area contributed by atoms with Gasteiger partial charge in [-0.3, -0.25) is 9.88 Å². The summed E-state index contributed by atoms with van der Waals surface area (Å²) in [5.41, 5.74) is 2.35. The maximum Gasteiger partial charge on any atom is 0.0547 e. The van der Waals surface area contributed by atoms with Crippen LogP contribution < -0.4 is 5.32 Å². The van der Waals surface area contributed by atoms with Crippen LogP contribution in [0.3, 0.4) is 0 Å². The van der Waals surface area contributed by atoms with Gasteiger partial charge in [-0.15, -0.1) is 0 Å². The van der Waals surface area contributed by atoms with Crippen molar-refractivity contribution in [3.8, 4) is 0 Å². The van der Waals surface area contributed by atoms with Crippen LogP contribution in [0.4, 0.5) is 0 Å². The molecule has 1 saturated heterocycles. The van der Waals surface area contributed by atoms with Crippen LogP contribution in [-0.2, 0) is 13.1 Å². The minimum atomic E-state index is 0.855. The van der Waals surface area contributed by atoms with Gasteiger partial charge in [-0.2, -0.15) is 0 Å². The van der Waals surface area contributed by atoms with E-state index >= 15 is 0 Å². The van der Waals surface area contributed by atoms with Gasteiger partial charge in [0.2, 0.25) is 0 Å². The third-order valence-electron chi connectivity index (χ3n) is 3.31. The van der Waals surface area contributed by atoms with Crippen molar-refractivity contribution in [2.45, 2.75) is 38.8 Å². The standard InChI is InChI=1S/C14H23N3/c1-15-11-13-7-6-8-14(16-13)12-17-9-4-2-3-5-10-17/h6-8,15H,2-5,9-12H2,1H3. The van der Waals surface area contributed by atoms with Crippen molar-refractivity contribution in [1.29, 1.82) is 0 Å². The zero-order chi connectivity index (χ0) is 11.9. The fourth-order valence-corrected chi connectivity index (χ4v) is 2.42. The molecule has 0 atom stereocenters. The molecule has 1 aliphatic rings. The molecule has 0 aromatic carbocycles. The fraction of sp³-hybridized carbons (Fsp3) is 0.643. The Morgan fingerprint density at radius 1 is 1.12 bits per heavy atom. The zero-order valence-corrected chi connectivity index (χ0v) is 10.8. The highest BCUT2D eigenvalue weighted by atomic mass is 15.1. The first-order valence-electron chi connectivity index (χ1n) is 6.70. The van der Waals surface area contributed by atoms with Crippen LogP contribution in [0.1, 0.15) is 37.1 Å². The Balaban J connectivity index is 1.94. The molecule has 1 aromatic heterocycles. The van der Waals surface area contributed by atoms with E-state index in [4.69, 9.17) is 0 Å². The molecule has 0 saturated carbocycles. The Bertz CT molecular complexity index is 330. The Labute approximate surface area is 104 Å². The van der Waals surface area contributed by atoms with Crippen LogP contribution in [0.5, 0.6) is 0 Å². The second kappa shape index (κ2) is 6.72. The minimum absolute atomic E-state index is 0.855. The van der Waals surface area contributed by atoms with Crippen molar-refractivity contribution in [2.75, 3.05) is 20.1 Å². The van der Waals surface area contributed by atoms with Crippen LogP contribution in [0.2, 0.25) is 0 Å². The van der Waals surface area contributed by atoms with Gasteiger partial charge >= 0.3 is 0 Å². The number of pyridine rings is 1. The van der Waals surface area contributed by atoms with E-state index in [1.54, 1.807) is 0 Å². The lowest BCUT2D eigenvalue weighted by molar-refractivity contribution is 0.273. The summed E-state index contributed by atoms with van der Waals surface area (Å²) in [5, 5.41) is 3.15. The van der Waals surface area contributed by atoms with E-state index < -0.39 is 0 Å². The number of hydrogen-bond acceptors (Lipinski definition) is 3. The van der Waals surface area contributed by atoms with Crippen LogP contribution in [0, 0.1) is 0 Å². The molecule has 1 N–H and O–H groups in total. The molecule has 0 radical (unpaired) electrons. The Morgan fingerprint density at radius 2 is 1.82 bits per heavy atom. The summed E-state index contributed by atoms with van der Waals surface area (Å²) in [7, 11) is 1.96. The molecule has 17 heavy (non-hydrogen) atoms. The van der Waals surface area contributed by atoms with Crippen molar-refractivity contribution in [3.63, 3.8) is 0 Å². The highest BCUT2D eigenvalue weighted by Gasteiger charge is 2.10. The van der Waals surface area contributed by atoms with Crippen LogP contribution >= 0.6 is 0 Å². The maximum atomic E-state index is 4.68. The van der Waals surface area contributed by atoms with Gasteiger partial charge in [0.15, 0.2) is 0 Å². The molecular formula is C14H23N3. The molecule has 94 valence electrons. The average molecular weight is 233 g/mol. The molecule has 2 heterocycles. The molecule has 2 rings (SSSR count). The summed E-state index contributed by atoms with van der Waals surface area (Å²) in [6, 6.07) is 6.35. The molecule has 3 heteroatoms. The van der Waals surface area contributed by atoms with Gasteiger partial charge < -0.3 is 5.32 Å². The predicted octanol–water partition coefficient (Wildman–Crippen LogP) is 2.18. The lowest BCUT2D eigenvalue weighted by atomic mass is 10.2. The number of likely N-dealkylation sites (tertiary alicyclic amines) is 1. The van der Waals surface area contributed by atoms with Crippen LogP contribution in [0.15, 0.2) is 18.2 Å². The van der Waals surface area contributed by atoms with E-state index in [1.165, 1.54) is 44.5 Å². The molecule has 0 amide bonds. The number of rotatable bonds is 4. The molecule has 0 aliphatic carbocycles. The monoisotopic (exact) mass is 233 g/mol. The molecule has 0 bridgehead atoms. The summed E-state index contributed by atoms with van der Waals surface area (Å²) < 4.78 is 0. The van der Waals surface area contributed by atoms with Gasteiger partial charge in [0, 0.05) is 13.1 Å². The topological polar surface area (TPSA) is 28.2 Å². The van der Waals surface area contributed by atoms with Crippen molar-refractivity contribution in [3.05, 3.63) is 29.6 Å². The van der Waals surface area contributed by atoms with E-state index in [-0.39, 0.29) is 0 Å². The third-order valence-corrected chi connectivity index (χ3v) is 3.31. The Kier molecular flexibility index (Phi) is 4.95. The average Bonchev–Trinajstić information content (AvgIpc) is 2.59. The Hall–Kier alpha value is -0.930. The molecule has 0 spiro atoms. The van der Waals surface area contributed by atoms with E-state index in [1.807, 2.05) is 7.05 Å². The first-order valence-corrected chi connectivity index (χ1v) is 6.70. The van der Waals surface area contributed by atoms with Gasteiger partial charge in [-0.25, -0.2) is 0 Å². The first-order chi connectivity index (χ1) is 8.38. The summed E-state index contributed by atoms with van der Waals surface area (Å²) >= 11 is 0. The largest absolute Gasteiger partial charge is 0.314 e. The lowest BCUT2D eigenvalue weighted by Crippen LogP contribution is -2.24. The van der Waals surface area contributed by atoms with Gasteiger partial charge in [-0.1, -0.05) is 18.9 Å². The summed E-state index contributed by atoms with van der Waals surface area (Å²) in [4.78, 5) is 7.22. The fourth-order valence-electron chi connectivity index (χ4n) is 2.42. The van der Waals surface area contributed by atoms with Gasteiger partial charge in [0.25, 0.3) is 0 Å². The molecule has 1 aliphatic heterocycles. The van der Waals surface area contributed by atoms with Crippen molar-refractivity contribution < 1.29 is 0 Å². The zero-order valence-electron chi connectivity index (χ0n) is 10.8. The third kappa shape index (κ3) is 4.10. The number of hydrogen-bond donors (Lipinski definition) is 1. The van der Waals surface area contributed by atoms with Crippen LogP contribution in [0.25, 0.3) is 0 Å². The Morgan fingerprint density at radius 3 is 2.53 bits per heavy atom. The summed E-state index contributed by atoms with van der Waals surface area (Å²) in [6.45, 7) is 4.33. The van der Waals surface area contributed by atoms with Crippen molar-refractivity contribution in [1.82, 2.24) is 15.2 Å². The molecule has 3 nitrogen and oxygen atoms in total. The number of nitrogens with zero attached hydrogens (tertiary/aromatic N) is 2. The SMILES string of the molecule is CNCc1cccc(CN2CCCCCC2)n1. The van der Waals surface area contributed by atoms with Gasteiger partial charge in [-0.05, 0) is 45.1 Å².